The molecule has 9 nitrogen and oxygen atoms in total. The molecule has 206 valence electrons. The molecule has 2 fully saturated rings. The number of piperidine rings is 1. The zero-order valence-corrected chi connectivity index (χ0v) is 22.5. The van der Waals surface area contributed by atoms with Gasteiger partial charge in [0.2, 0.25) is 0 Å². The molecule has 2 aliphatic heterocycles. The number of nitrogens with one attached hydrogen (secondary N) is 1. The van der Waals surface area contributed by atoms with Crippen molar-refractivity contribution in [3.63, 3.8) is 0 Å². The Balaban J connectivity index is 1.30. The highest BCUT2D eigenvalue weighted by molar-refractivity contribution is 5.90. The first-order chi connectivity index (χ1) is 18.9. The molecule has 3 heterocycles. The lowest BCUT2D eigenvalue weighted by molar-refractivity contribution is -0.176. The van der Waals surface area contributed by atoms with Gasteiger partial charge in [-0.3, -0.25) is 9.69 Å². The number of anilines is 1. The predicted octanol–water partition coefficient (Wildman–Crippen LogP) is 3.73. The van der Waals surface area contributed by atoms with Crippen LogP contribution in [-0.2, 0) is 25.4 Å². The molecule has 0 spiro atoms. The first-order valence-electron chi connectivity index (χ1n) is 13.5. The molecule has 0 amide bonds. The predicted molar refractivity (Wildman–Crippen MR) is 145 cm³/mol. The highest BCUT2D eigenvalue weighted by Crippen LogP contribution is 2.50. The molecule has 3 aliphatic rings. The molecule has 2 aromatic carbocycles. The highest BCUT2D eigenvalue weighted by atomic mass is 16.6. The lowest BCUT2D eigenvalue weighted by atomic mass is 9.63. The molecule has 3 N–H and O–H groups in total. The number of benzene rings is 2. The summed E-state index contributed by atoms with van der Waals surface area (Å²) < 4.78 is 22.6. The van der Waals surface area contributed by atoms with Crippen molar-refractivity contribution in [3.05, 3.63) is 59.3 Å². The van der Waals surface area contributed by atoms with Crippen molar-refractivity contribution in [1.29, 1.82) is 0 Å². The van der Waals surface area contributed by atoms with Crippen molar-refractivity contribution < 1.29 is 28.5 Å². The van der Waals surface area contributed by atoms with Crippen LogP contribution in [-0.4, -0.2) is 68.4 Å². The number of fused-ring (bicyclic) bond motifs is 6. The van der Waals surface area contributed by atoms with E-state index in [-0.39, 0.29) is 23.8 Å². The van der Waals surface area contributed by atoms with Gasteiger partial charge in [0.25, 0.3) is 0 Å². The van der Waals surface area contributed by atoms with Crippen molar-refractivity contribution in [1.82, 2.24) is 9.88 Å². The number of nitrogens with zero attached hydrogens (tertiary/aromatic N) is 1. The van der Waals surface area contributed by atoms with Crippen LogP contribution in [0.25, 0.3) is 10.9 Å². The van der Waals surface area contributed by atoms with Gasteiger partial charge in [0.05, 0.1) is 31.7 Å². The maximum Gasteiger partial charge on any atom is 0.338 e. The van der Waals surface area contributed by atoms with Gasteiger partial charge in [-0.1, -0.05) is 0 Å². The van der Waals surface area contributed by atoms with Crippen molar-refractivity contribution in [2.75, 3.05) is 40.2 Å². The number of carbonyl (C=O) groups excluding carboxylic acids is 2. The normalized spacial score (nSPS) is 28.2. The molecule has 0 unspecified atom stereocenters. The molecule has 1 saturated carbocycles. The van der Waals surface area contributed by atoms with E-state index in [1.54, 1.807) is 38.5 Å². The molecule has 0 radical (unpaired) electrons. The lowest BCUT2D eigenvalue weighted by Crippen LogP contribution is -2.58. The van der Waals surface area contributed by atoms with E-state index in [1.807, 2.05) is 12.1 Å². The number of H-pyrrole nitrogens is 1. The maximum atomic E-state index is 13.3. The molecule has 39 heavy (non-hydrogen) atoms. The quantitative estimate of drug-likeness (QED) is 0.377. The summed E-state index contributed by atoms with van der Waals surface area (Å²) in [6, 6.07) is 13.0. The number of hydrogen-bond donors (Lipinski definition) is 2. The second kappa shape index (κ2) is 10.2. The number of nitrogens with two attached hydrogens (primary N) is 1. The van der Waals surface area contributed by atoms with Gasteiger partial charge in [-0.15, -0.1) is 0 Å². The van der Waals surface area contributed by atoms with E-state index in [0.717, 1.165) is 37.2 Å². The largest absolute Gasteiger partial charge is 0.497 e. The van der Waals surface area contributed by atoms with Crippen molar-refractivity contribution in [2.45, 2.75) is 37.5 Å². The fourth-order valence-electron chi connectivity index (χ4n) is 7.18. The molecule has 6 rings (SSSR count). The molecular weight excluding hydrogens is 498 g/mol. The number of esters is 2. The minimum atomic E-state index is -0.599. The molecular formula is C30H35N3O6. The van der Waals surface area contributed by atoms with Crippen LogP contribution in [0.4, 0.5) is 5.69 Å². The Hall–Kier alpha value is -3.56. The number of carbonyl (C=O) groups is 2. The number of aromatic nitrogens is 1. The van der Waals surface area contributed by atoms with Crippen molar-refractivity contribution in [2.24, 2.45) is 17.8 Å². The van der Waals surface area contributed by atoms with Crippen LogP contribution in [0.15, 0.2) is 42.5 Å². The van der Waals surface area contributed by atoms with Gasteiger partial charge in [-0.25, -0.2) is 4.79 Å². The van der Waals surface area contributed by atoms with Gasteiger partial charge in [0, 0.05) is 48.5 Å². The monoisotopic (exact) mass is 533 g/mol. The molecule has 6 atom stereocenters. The second-order valence-electron chi connectivity index (χ2n) is 10.9. The smallest absolute Gasteiger partial charge is 0.338 e. The van der Waals surface area contributed by atoms with Crippen LogP contribution >= 0.6 is 0 Å². The summed E-state index contributed by atoms with van der Waals surface area (Å²) in [5.41, 5.74) is 10.4. The number of aromatic amines is 1. The standard InChI is InChI=1S/C30H35N3O6/c1-36-19-8-9-20-21-10-11-33-15-17-12-25(39-29(34)16-4-6-18(31)7-5-16)28(37-2)26(30(35)38-3)22(17)14-24(33)27(21)32-23(20)13-19/h4-9,13,17,22,24-26,28,32H,10-12,14-15,31H2,1-3H3/t17-,22-,24-,25+,26-,28+/m1/s1. The van der Waals surface area contributed by atoms with Gasteiger partial charge in [0.1, 0.15) is 18.0 Å². The summed E-state index contributed by atoms with van der Waals surface area (Å²) in [5, 5.41) is 1.23. The zero-order valence-electron chi connectivity index (χ0n) is 22.5. The van der Waals surface area contributed by atoms with Gasteiger partial charge in [-0.05, 0) is 73.1 Å². The van der Waals surface area contributed by atoms with Gasteiger partial charge in [-0.2, -0.15) is 0 Å². The zero-order chi connectivity index (χ0) is 27.3. The van der Waals surface area contributed by atoms with E-state index in [9.17, 15) is 9.59 Å². The number of nitrogen functional groups attached to an aromatic ring is 1. The average molecular weight is 534 g/mol. The highest BCUT2D eigenvalue weighted by Gasteiger charge is 2.54. The van der Waals surface area contributed by atoms with Crippen LogP contribution in [0, 0.1) is 17.8 Å². The number of rotatable bonds is 5. The van der Waals surface area contributed by atoms with Crippen molar-refractivity contribution >= 4 is 28.5 Å². The Bertz CT molecular complexity index is 1390. The van der Waals surface area contributed by atoms with E-state index in [2.05, 4.69) is 16.0 Å². The van der Waals surface area contributed by atoms with Gasteiger partial charge >= 0.3 is 11.9 Å². The maximum absolute atomic E-state index is 13.3. The Morgan fingerprint density at radius 2 is 1.85 bits per heavy atom. The first kappa shape index (κ1) is 25.7. The summed E-state index contributed by atoms with van der Waals surface area (Å²) in [6.07, 6.45) is 1.20. The Morgan fingerprint density at radius 1 is 1.05 bits per heavy atom. The Kier molecular flexibility index (Phi) is 6.72. The van der Waals surface area contributed by atoms with Crippen LogP contribution in [0.3, 0.4) is 0 Å². The molecule has 1 saturated heterocycles. The van der Waals surface area contributed by atoms with E-state index in [0.29, 0.717) is 17.7 Å². The summed E-state index contributed by atoms with van der Waals surface area (Å²) in [6.45, 7) is 1.75. The summed E-state index contributed by atoms with van der Waals surface area (Å²) in [5.74, 6) is -0.305. The van der Waals surface area contributed by atoms with E-state index < -0.39 is 24.1 Å². The summed E-state index contributed by atoms with van der Waals surface area (Å²) in [7, 11) is 4.66. The Morgan fingerprint density at radius 3 is 2.56 bits per heavy atom. The third-order valence-corrected chi connectivity index (χ3v) is 9.01. The minimum Gasteiger partial charge on any atom is -0.497 e. The molecule has 0 bridgehead atoms. The van der Waals surface area contributed by atoms with Crippen LogP contribution in [0.1, 0.15) is 40.5 Å². The fourth-order valence-corrected chi connectivity index (χ4v) is 7.18. The van der Waals surface area contributed by atoms with E-state index in [4.69, 9.17) is 24.7 Å². The van der Waals surface area contributed by atoms with Gasteiger partial charge in [0.15, 0.2) is 0 Å². The summed E-state index contributed by atoms with van der Waals surface area (Å²) >= 11 is 0. The number of ether oxygens (including phenoxy) is 4. The molecule has 3 aromatic rings. The molecule has 1 aromatic heterocycles. The van der Waals surface area contributed by atoms with Gasteiger partial charge < -0.3 is 29.7 Å². The SMILES string of the molecule is COC(=O)[C@@H]1[C@@H]2C[C@@H]3c4[nH]c5cc(OC)ccc5c4CCN3C[C@H]2C[C@H](OC(=O)c2ccc(N)cc2)[C@@H]1OC. The average Bonchev–Trinajstić information content (AvgIpc) is 3.33. The molecule has 1 aliphatic carbocycles. The van der Waals surface area contributed by atoms with Crippen LogP contribution in [0.2, 0.25) is 0 Å². The Labute approximate surface area is 227 Å². The third-order valence-electron chi connectivity index (χ3n) is 9.01. The fraction of sp³-hybridized carbons (Fsp3) is 0.467. The molecule has 9 heteroatoms. The van der Waals surface area contributed by atoms with Crippen molar-refractivity contribution in [3.8, 4) is 5.75 Å². The number of hydrogen-bond acceptors (Lipinski definition) is 8. The summed E-state index contributed by atoms with van der Waals surface area (Å²) in [4.78, 5) is 32.5. The number of methoxy groups -OCH3 is 3. The first-order valence-corrected chi connectivity index (χ1v) is 13.5. The topological polar surface area (TPSA) is 116 Å². The van der Waals surface area contributed by atoms with Crippen LogP contribution < -0.4 is 10.5 Å². The van der Waals surface area contributed by atoms with Crippen LogP contribution in [0.5, 0.6) is 5.75 Å². The minimum absolute atomic E-state index is 0.0297. The van der Waals surface area contributed by atoms with E-state index >= 15 is 0 Å². The van der Waals surface area contributed by atoms with E-state index in [1.165, 1.54) is 23.8 Å². The third kappa shape index (κ3) is 4.43. The second-order valence-corrected chi connectivity index (χ2v) is 10.9. The lowest BCUT2D eigenvalue weighted by Gasteiger charge is -2.52.